The van der Waals surface area contributed by atoms with Crippen molar-refractivity contribution < 1.29 is 0 Å². The van der Waals surface area contributed by atoms with Crippen LogP contribution >= 0.6 is 34.8 Å². The second-order valence-electron chi connectivity index (χ2n) is 5.09. The predicted octanol–water partition coefficient (Wildman–Crippen LogP) is 5.58. The van der Waals surface area contributed by atoms with Crippen LogP contribution in [0.2, 0.25) is 10.0 Å². The van der Waals surface area contributed by atoms with Gasteiger partial charge in [0.05, 0.1) is 10.0 Å². The third-order valence-electron chi connectivity index (χ3n) is 2.64. The fourth-order valence-electron chi connectivity index (χ4n) is 1.46. The number of hydrogen-bond acceptors (Lipinski definition) is 0. The minimum atomic E-state index is 0.118. The smallest absolute Gasteiger partial charge is 0.0624 e. The van der Waals surface area contributed by atoms with Gasteiger partial charge in [0.1, 0.15) is 0 Å². The minimum absolute atomic E-state index is 0.118. The highest BCUT2D eigenvalue weighted by Gasteiger charge is 2.22. The Morgan fingerprint density at radius 3 is 2.38 bits per heavy atom. The Morgan fingerprint density at radius 2 is 1.81 bits per heavy atom. The summed E-state index contributed by atoms with van der Waals surface area (Å²) >= 11 is 18.4. The molecule has 0 nitrogen and oxygen atoms in total. The van der Waals surface area contributed by atoms with Crippen LogP contribution in [0.15, 0.2) is 18.2 Å². The molecule has 0 aromatic heterocycles. The fraction of sp³-hybridized carbons (Fsp3) is 0.538. The van der Waals surface area contributed by atoms with Crippen LogP contribution in [-0.2, 0) is 6.42 Å². The summed E-state index contributed by atoms with van der Waals surface area (Å²) in [6, 6.07) is 5.72. The van der Waals surface area contributed by atoms with Gasteiger partial charge in [-0.2, -0.15) is 0 Å². The Balaban J connectivity index is 2.65. The maximum absolute atomic E-state index is 6.32. The fourth-order valence-corrected chi connectivity index (χ4v) is 1.98. The first-order valence-electron chi connectivity index (χ1n) is 5.39. The van der Waals surface area contributed by atoms with Crippen molar-refractivity contribution in [1.82, 2.24) is 0 Å². The number of halogens is 3. The highest BCUT2D eigenvalue weighted by atomic mass is 35.5. The van der Waals surface area contributed by atoms with Crippen LogP contribution in [-0.4, -0.2) is 5.38 Å². The third-order valence-corrected chi connectivity index (χ3v) is 4.37. The Hall–Kier alpha value is 0.0900. The lowest BCUT2D eigenvalue weighted by Gasteiger charge is -2.25. The van der Waals surface area contributed by atoms with Gasteiger partial charge in [-0.25, -0.2) is 0 Å². The van der Waals surface area contributed by atoms with Crippen LogP contribution in [0.3, 0.4) is 0 Å². The monoisotopic (exact) mass is 278 g/mol. The molecule has 1 aromatic rings. The summed E-state index contributed by atoms with van der Waals surface area (Å²) in [5.41, 5.74) is 1.19. The van der Waals surface area contributed by atoms with E-state index in [2.05, 4.69) is 20.8 Å². The molecule has 0 saturated carbocycles. The van der Waals surface area contributed by atoms with Crippen molar-refractivity contribution in [2.75, 3.05) is 0 Å². The first-order chi connectivity index (χ1) is 7.32. The van der Waals surface area contributed by atoms with E-state index < -0.39 is 0 Å². The second-order valence-corrected chi connectivity index (χ2v) is 6.40. The molecule has 0 fully saturated rings. The molecule has 3 heteroatoms. The van der Waals surface area contributed by atoms with Gasteiger partial charge in [-0.15, -0.1) is 11.6 Å². The Labute approximate surface area is 113 Å². The molecule has 90 valence electrons. The lowest BCUT2D eigenvalue weighted by atomic mass is 9.88. The van der Waals surface area contributed by atoms with E-state index in [0.717, 1.165) is 18.4 Å². The first kappa shape index (κ1) is 14.2. The van der Waals surface area contributed by atoms with Crippen LogP contribution in [0.1, 0.15) is 32.8 Å². The van der Waals surface area contributed by atoms with Gasteiger partial charge >= 0.3 is 0 Å². The third kappa shape index (κ3) is 3.84. The highest BCUT2D eigenvalue weighted by Crippen LogP contribution is 2.31. The number of aryl methyl sites for hydroxylation is 1. The van der Waals surface area contributed by atoms with E-state index in [1.165, 1.54) is 0 Å². The Bertz CT molecular complexity index is 353. The molecule has 0 aliphatic rings. The van der Waals surface area contributed by atoms with Crippen molar-refractivity contribution in [3.8, 4) is 0 Å². The summed E-state index contributed by atoms with van der Waals surface area (Å²) in [5.74, 6) is 0. The van der Waals surface area contributed by atoms with E-state index in [4.69, 9.17) is 34.8 Å². The molecule has 0 radical (unpaired) electrons. The van der Waals surface area contributed by atoms with Gasteiger partial charge in [0.2, 0.25) is 0 Å². The standard InChI is InChI=1S/C13H17Cl3/c1-13(2,3)11(15)8-7-9-5-4-6-10(14)12(9)16/h4-6,11H,7-8H2,1-3H3. The number of rotatable bonds is 3. The van der Waals surface area contributed by atoms with E-state index in [1.54, 1.807) is 6.07 Å². The number of benzene rings is 1. The largest absolute Gasteiger partial charge is 0.122 e. The van der Waals surface area contributed by atoms with E-state index in [-0.39, 0.29) is 10.8 Å². The number of alkyl halides is 1. The molecule has 16 heavy (non-hydrogen) atoms. The van der Waals surface area contributed by atoms with Crippen LogP contribution in [0, 0.1) is 5.41 Å². The summed E-state index contributed by atoms with van der Waals surface area (Å²) in [6.07, 6.45) is 1.77. The van der Waals surface area contributed by atoms with Gasteiger partial charge in [-0.05, 0) is 29.9 Å². The van der Waals surface area contributed by atoms with Crippen LogP contribution < -0.4 is 0 Å². The van der Waals surface area contributed by atoms with Gasteiger partial charge in [-0.3, -0.25) is 0 Å². The van der Waals surface area contributed by atoms with Gasteiger partial charge in [0.25, 0.3) is 0 Å². The summed E-state index contributed by atoms with van der Waals surface area (Å²) in [5, 5.41) is 1.41. The zero-order chi connectivity index (χ0) is 12.3. The molecule has 0 spiro atoms. The highest BCUT2D eigenvalue weighted by molar-refractivity contribution is 6.42. The topological polar surface area (TPSA) is 0 Å². The molecule has 1 aromatic carbocycles. The van der Waals surface area contributed by atoms with Crippen molar-refractivity contribution in [3.05, 3.63) is 33.8 Å². The molecule has 1 rings (SSSR count). The van der Waals surface area contributed by atoms with Crippen molar-refractivity contribution in [2.24, 2.45) is 5.41 Å². The number of hydrogen-bond donors (Lipinski definition) is 0. The normalized spacial score (nSPS) is 13.9. The van der Waals surface area contributed by atoms with E-state index in [1.807, 2.05) is 12.1 Å². The van der Waals surface area contributed by atoms with Crippen molar-refractivity contribution in [2.45, 2.75) is 39.0 Å². The second kappa shape index (κ2) is 5.62. The van der Waals surface area contributed by atoms with Crippen LogP contribution in [0.25, 0.3) is 0 Å². The maximum atomic E-state index is 6.32. The lowest BCUT2D eigenvalue weighted by Crippen LogP contribution is -2.21. The zero-order valence-electron chi connectivity index (χ0n) is 9.86. The molecule has 0 N–H and O–H groups in total. The molecular weight excluding hydrogens is 263 g/mol. The Kier molecular flexibility index (Phi) is 4.97. The lowest BCUT2D eigenvalue weighted by molar-refractivity contribution is 0.374. The quantitative estimate of drug-likeness (QED) is 0.634. The average Bonchev–Trinajstić information content (AvgIpc) is 2.18. The van der Waals surface area contributed by atoms with Gasteiger partial charge in [0, 0.05) is 5.38 Å². The molecule has 0 aliphatic heterocycles. The minimum Gasteiger partial charge on any atom is -0.122 e. The zero-order valence-corrected chi connectivity index (χ0v) is 12.1. The molecule has 0 saturated heterocycles. The molecule has 1 atom stereocenters. The summed E-state index contributed by atoms with van der Waals surface area (Å²) in [4.78, 5) is 0. The summed E-state index contributed by atoms with van der Waals surface area (Å²) in [7, 11) is 0. The molecule has 0 amide bonds. The molecular formula is C13H17Cl3. The van der Waals surface area contributed by atoms with Crippen LogP contribution in [0.4, 0.5) is 0 Å². The van der Waals surface area contributed by atoms with Gasteiger partial charge < -0.3 is 0 Å². The van der Waals surface area contributed by atoms with Crippen molar-refractivity contribution >= 4 is 34.8 Å². The average molecular weight is 280 g/mol. The Morgan fingerprint density at radius 1 is 1.19 bits per heavy atom. The molecule has 0 bridgehead atoms. The molecule has 0 heterocycles. The molecule has 0 aliphatic carbocycles. The summed E-state index contributed by atoms with van der Waals surface area (Å²) in [6.45, 7) is 6.43. The van der Waals surface area contributed by atoms with E-state index >= 15 is 0 Å². The van der Waals surface area contributed by atoms with Gasteiger partial charge in [-0.1, -0.05) is 56.1 Å². The molecule has 1 unspecified atom stereocenters. The van der Waals surface area contributed by atoms with Crippen LogP contribution in [0.5, 0.6) is 0 Å². The summed E-state index contributed by atoms with van der Waals surface area (Å²) < 4.78 is 0. The van der Waals surface area contributed by atoms with E-state index in [9.17, 15) is 0 Å². The van der Waals surface area contributed by atoms with Crippen molar-refractivity contribution in [3.63, 3.8) is 0 Å². The maximum Gasteiger partial charge on any atom is 0.0624 e. The van der Waals surface area contributed by atoms with E-state index in [0.29, 0.717) is 10.0 Å². The van der Waals surface area contributed by atoms with Crippen molar-refractivity contribution in [1.29, 1.82) is 0 Å². The predicted molar refractivity (Wildman–Crippen MR) is 73.9 cm³/mol. The first-order valence-corrected chi connectivity index (χ1v) is 6.58. The van der Waals surface area contributed by atoms with Gasteiger partial charge in [0.15, 0.2) is 0 Å². The SMILES string of the molecule is CC(C)(C)C(Cl)CCc1cccc(Cl)c1Cl.